The van der Waals surface area contributed by atoms with Gasteiger partial charge in [-0.05, 0) is 63.9 Å². The van der Waals surface area contributed by atoms with Crippen molar-refractivity contribution < 1.29 is 24.3 Å². The molecule has 2 aliphatic rings. The van der Waals surface area contributed by atoms with Gasteiger partial charge < -0.3 is 20.1 Å². The van der Waals surface area contributed by atoms with Crippen molar-refractivity contribution in [1.82, 2.24) is 10.1 Å². The number of thiophene rings is 1. The van der Waals surface area contributed by atoms with Crippen LogP contribution in [0.3, 0.4) is 0 Å². The van der Waals surface area contributed by atoms with Crippen molar-refractivity contribution >= 4 is 28.4 Å². The summed E-state index contributed by atoms with van der Waals surface area (Å²) < 4.78 is 5.46. The molecule has 1 amide bonds. The second-order valence-electron chi connectivity index (χ2n) is 7.13. The first-order chi connectivity index (χ1) is 14.0. The van der Waals surface area contributed by atoms with Gasteiger partial charge in [0, 0.05) is 10.5 Å². The molecule has 3 N–H and O–H groups in total. The summed E-state index contributed by atoms with van der Waals surface area (Å²) in [7, 11) is 0. The minimum atomic E-state index is -1.83. The van der Waals surface area contributed by atoms with Crippen molar-refractivity contribution in [3.63, 3.8) is 0 Å². The summed E-state index contributed by atoms with van der Waals surface area (Å²) in [5.41, 5.74) is 3.15. The topological polar surface area (TPSA) is 126 Å². The zero-order chi connectivity index (χ0) is 20.8. The van der Waals surface area contributed by atoms with Crippen molar-refractivity contribution in [2.24, 2.45) is 0 Å². The lowest BCUT2D eigenvalue weighted by Crippen LogP contribution is -2.15. The average Bonchev–Trinajstić information content (AvgIpc) is 3.17. The molecule has 0 radical (unpaired) electrons. The molecule has 0 atom stereocenters. The Hall–Kier alpha value is -2.68. The van der Waals surface area contributed by atoms with Crippen LogP contribution in [0, 0.1) is 6.92 Å². The lowest BCUT2D eigenvalue weighted by molar-refractivity contribution is -0.113. The summed E-state index contributed by atoms with van der Waals surface area (Å²) in [4.78, 5) is 27.0. The Balaban J connectivity index is 0.000000552. The van der Waals surface area contributed by atoms with Crippen LogP contribution in [0.15, 0.2) is 16.2 Å². The fourth-order valence-electron chi connectivity index (χ4n) is 3.68. The van der Waals surface area contributed by atoms with E-state index in [4.69, 9.17) is 19.5 Å². The number of nitrogens with one attached hydrogen (secondary N) is 1. The molecule has 2 aromatic heterocycles. The molecular formula is C20H25N3O5S. The highest BCUT2D eigenvalue weighted by atomic mass is 32.1. The molecule has 8 nitrogen and oxygen atoms in total. The normalized spacial score (nSPS) is 16.0. The van der Waals surface area contributed by atoms with E-state index < -0.39 is 6.16 Å². The van der Waals surface area contributed by atoms with Gasteiger partial charge in [0.05, 0.1) is 5.56 Å². The van der Waals surface area contributed by atoms with Gasteiger partial charge in [-0.1, -0.05) is 17.7 Å². The fourth-order valence-corrected chi connectivity index (χ4v) is 4.96. The molecule has 0 saturated carbocycles. The van der Waals surface area contributed by atoms with Crippen LogP contribution in [-0.2, 0) is 17.6 Å². The van der Waals surface area contributed by atoms with Crippen molar-refractivity contribution in [1.29, 1.82) is 0 Å². The lowest BCUT2D eigenvalue weighted by Gasteiger charge is -2.12. The quantitative estimate of drug-likeness (QED) is 0.595. The van der Waals surface area contributed by atoms with Gasteiger partial charge in [0.25, 0.3) is 11.8 Å². The van der Waals surface area contributed by atoms with Crippen LogP contribution in [0.1, 0.15) is 61.2 Å². The minimum Gasteiger partial charge on any atom is -0.450 e. The number of aryl methyl sites for hydroxylation is 2. The SMILES string of the molecule is Cc1noc(-c2c(NC(=O)C3=CCCCC3)sc3c2CCCCC3)n1.O=C(O)O. The number of fused-ring (bicyclic) bond motifs is 1. The van der Waals surface area contributed by atoms with E-state index in [1.165, 1.54) is 36.1 Å². The van der Waals surface area contributed by atoms with Crippen LogP contribution in [0.4, 0.5) is 9.80 Å². The van der Waals surface area contributed by atoms with E-state index in [1.807, 2.05) is 6.92 Å². The maximum Gasteiger partial charge on any atom is 0.503 e. The van der Waals surface area contributed by atoms with Crippen molar-refractivity contribution in [3.05, 3.63) is 27.9 Å². The van der Waals surface area contributed by atoms with Crippen molar-refractivity contribution in [2.45, 2.75) is 64.7 Å². The average molecular weight is 420 g/mol. The van der Waals surface area contributed by atoms with Crippen LogP contribution < -0.4 is 5.32 Å². The van der Waals surface area contributed by atoms with E-state index in [0.717, 1.165) is 48.2 Å². The highest BCUT2D eigenvalue weighted by Gasteiger charge is 2.26. The first-order valence-corrected chi connectivity index (χ1v) is 10.6. The molecule has 0 bridgehead atoms. The lowest BCUT2D eigenvalue weighted by atomic mass is 9.99. The summed E-state index contributed by atoms with van der Waals surface area (Å²) >= 11 is 1.68. The van der Waals surface area contributed by atoms with E-state index in [2.05, 4.69) is 21.5 Å². The number of nitrogens with zero attached hydrogens (tertiary/aromatic N) is 2. The van der Waals surface area contributed by atoms with Gasteiger partial charge in [-0.2, -0.15) is 4.98 Å². The molecule has 2 heterocycles. The van der Waals surface area contributed by atoms with Gasteiger partial charge in [0.1, 0.15) is 5.00 Å². The second-order valence-corrected chi connectivity index (χ2v) is 8.23. The number of hydrogen-bond acceptors (Lipinski definition) is 6. The molecule has 156 valence electrons. The molecular weight excluding hydrogens is 394 g/mol. The van der Waals surface area contributed by atoms with Gasteiger partial charge in [-0.3, -0.25) is 4.79 Å². The highest BCUT2D eigenvalue weighted by Crippen LogP contribution is 2.43. The smallest absolute Gasteiger partial charge is 0.450 e. The number of aromatic nitrogens is 2. The number of anilines is 1. The van der Waals surface area contributed by atoms with Gasteiger partial charge in [0.2, 0.25) is 0 Å². The molecule has 29 heavy (non-hydrogen) atoms. The summed E-state index contributed by atoms with van der Waals surface area (Å²) in [6, 6.07) is 0. The van der Waals surface area contributed by atoms with E-state index in [9.17, 15) is 4.79 Å². The van der Waals surface area contributed by atoms with Crippen LogP contribution in [0.2, 0.25) is 0 Å². The number of rotatable bonds is 3. The molecule has 2 aromatic rings. The highest BCUT2D eigenvalue weighted by molar-refractivity contribution is 7.17. The molecule has 0 aromatic carbocycles. The van der Waals surface area contributed by atoms with Crippen molar-refractivity contribution in [2.75, 3.05) is 5.32 Å². The summed E-state index contributed by atoms with van der Waals surface area (Å²) in [5, 5.41) is 21.9. The van der Waals surface area contributed by atoms with Crippen molar-refractivity contribution in [3.8, 4) is 11.5 Å². The molecule has 0 unspecified atom stereocenters. The second kappa shape index (κ2) is 9.69. The van der Waals surface area contributed by atoms with Crippen LogP contribution in [-0.4, -0.2) is 32.4 Å². The zero-order valence-electron chi connectivity index (χ0n) is 16.4. The van der Waals surface area contributed by atoms with Gasteiger partial charge in [-0.25, -0.2) is 4.79 Å². The van der Waals surface area contributed by atoms with E-state index in [1.54, 1.807) is 11.3 Å². The molecule has 2 aliphatic carbocycles. The Morgan fingerprint density at radius 3 is 2.48 bits per heavy atom. The number of hydrogen-bond donors (Lipinski definition) is 3. The zero-order valence-corrected chi connectivity index (χ0v) is 17.2. The Morgan fingerprint density at radius 2 is 1.83 bits per heavy atom. The third-order valence-electron chi connectivity index (χ3n) is 4.97. The minimum absolute atomic E-state index is 0.0218. The van der Waals surface area contributed by atoms with Crippen LogP contribution in [0.5, 0.6) is 0 Å². The first kappa shape index (κ1) is 21.0. The Morgan fingerprint density at radius 1 is 1.10 bits per heavy atom. The van der Waals surface area contributed by atoms with Gasteiger partial charge >= 0.3 is 6.16 Å². The molecule has 0 fully saturated rings. The maximum absolute atomic E-state index is 12.7. The van der Waals surface area contributed by atoms with Crippen LogP contribution in [0.25, 0.3) is 11.5 Å². The molecule has 0 spiro atoms. The summed E-state index contributed by atoms with van der Waals surface area (Å²) in [6.07, 6.45) is 10.1. The number of carbonyl (C=O) groups excluding carboxylic acids is 1. The third kappa shape index (κ3) is 5.44. The summed E-state index contributed by atoms with van der Waals surface area (Å²) in [6.45, 7) is 1.82. The van der Waals surface area contributed by atoms with E-state index in [0.29, 0.717) is 11.7 Å². The maximum atomic E-state index is 12.7. The fraction of sp³-hybridized carbons (Fsp3) is 0.500. The number of allylic oxidation sites excluding steroid dienone is 1. The van der Waals surface area contributed by atoms with E-state index >= 15 is 0 Å². The summed E-state index contributed by atoms with van der Waals surface area (Å²) in [5.74, 6) is 1.18. The predicted molar refractivity (Wildman–Crippen MR) is 109 cm³/mol. The third-order valence-corrected chi connectivity index (χ3v) is 6.18. The standard InChI is InChI=1S/C19H23N3O2S.CH2O3/c1-12-20-18(24-22-12)16-14-10-6-3-7-11-15(14)25-19(16)21-17(23)13-8-4-2-5-9-13;2-1(3)4/h8H,2-7,9-11H2,1H3,(H,21,23);(H2,2,3,4). The molecule has 9 heteroatoms. The largest absolute Gasteiger partial charge is 0.503 e. The molecule has 4 rings (SSSR count). The predicted octanol–water partition coefficient (Wildman–Crippen LogP) is 5.04. The van der Waals surface area contributed by atoms with Gasteiger partial charge in [-0.15, -0.1) is 11.3 Å². The molecule has 0 aliphatic heterocycles. The Labute approximate surface area is 172 Å². The number of carboxylic acid groups (broad SMARTS) is 2. The number of carbonyl (C=O) groups is 2. The first-order valence-electron chi connectivity index (χ1n) is 9.83. The Kier molecular flexibility index (Phi) is 7.03. The van der Waals surface area contributed by atoms with Gasteiger partial charge in [0.15, 0.2) is 5.82 Å². The van der Waals surface area contributed by atoms with E-state index in [-0.39, 0.29) is 5.91 Å². The monoisotopic (exact) mass is 419 g/mol. The van der Waals surface area contributed by atoms with Crippen LogP contribution >= 0.6 is 11.3 Å². The molecule has 0 saturated heterocycles. The Bertz CT molecular complexity index is 911. The number of amides is 1.